The zero-order valence-corrected chi connectivity index (χ0v) is 13.1. The Labute approximate surface area is 122 Å². The molecule has 1 saturated heterocycles. The van der Waals surface area contributed by atoms with Gasteiger partial charge in [-0.3, -0.25) is 9.59 Å². The van der Waals surface area contributed by atoms with Crippen molar-refractivity contribution in [2.45, 2.75) is 59.0 Å². The van der Waals surface area contributed by atoms with E-state index in [4.69, 9.17) is 4.74 Å². The summed E-state index contributed by atoms with van der Waals surface area (Å²) in [5, 5.41) is 2.83. The number of nitrogens with zero attached hydrogens (tertiary/aromatic N) is 1. The van der Waals surface area contributed by atoms with Crippen LogP contribution in [0.25, 0.3) is 0 Å². The monoisotopic (exact) mass is 284 g/mol. The Kier molecular flexibility index (Phi) is 6.99. The van der Waals surface area contributed by atoms with Crippen molar-refractivity contribution in [3.63, 3.8) is 0 Å². The molecule has 1 aliphatic rings. The van der Waals surface area contributed by atoms with Crippen molar-refractivity contribution in [3.05, 3.63) is 0 Å². The topological polar surface area (TPSA) is 58.6 Å². The molecule has 0 aromatic rings. The summed E-state index contributed by atoms with van der Waals surface area (Å²) < 4.78 is 5.56. The average Bonchev–Trinajstić information content (AvgIpc) is 2.45. The maximum atomic E-state index is 12.5. The van der Waals surface area contributed by atoms with Gasteiger partial charge in [0, 0.05) is 25.6 Å². The highest BCUT2D eigenvalue weighted by molar-refractivity contribution is 5.90. The van der Waals surface area contributed by atoms with Crippen molar-refractivity contribution >= 4 is 11.8 Å². The Morgan fingerprint density at radius 2 is 2.10 bits per heavy atom. The van der Waals surface area contributed by atoms with E-state index in [0.29, 0.717) is 38.5 Å². The highest BCUT2D eigenvalue weighted by Crippen LogP contribution is 2.14. The predicted molar refractivity (Wildman–Crippen MR) is 78.3 cm³/mol. The summed E-state index contributed by atoms with van der Waals surface area (Å²) in [6.45, 7) is 9.92. The highest BCUT2D eigenvalue weighted by Gasteiger charge is 2.32. The van der Waals surface area contributed by atoms with Crippen LogP contribution >= 0.6 is 0 Å². The fourth-order valence-corrected chi connectivity index (χ4v) is 2.41. The van der Waals surface area contributed by atoms with Gasteiger partial charge in [-0.2, -0.15) is 0 Å². The number of hydrogen-bond donors (Lipinski definition) is 1. The molecule has 1 rings (SSSR count). The number of rotatable bonds is 7. The van der Waals surface area contributed by atoms with Crippen LogP contribution in [0.3, 0.4) is 0 Å². The lowest BCUT2D eigenvalue weighted by atomic mass is 10.1. The minimum absolute atomic E-state index is 0.0262. The number of carbonyl (C=O) groups excluding carboxylic acids is 2. The van der Waals surface area contributed by atoms with Gasteiger partial charge >= 0.3 is 0 Å². The van der Waals surface area contributed by atoms with E-state index in [1.165, 1.54) is 0 Å². The molecule has 116 valence electrons. The maximum absolute atomic E-state index is 12.5. The van der Waals surface area contributed by atoms with Crippen LogP contribution in [0.5, 0.6) is 0 Å². The molecule has 0 radical (unpaired) electrons. The number of ether oxygens (including phenoxy) is 1. The van der Waals surface area contributed by atoms with Crippen molar-refractivity contribution in [2.24, 2.45) is 5.92 Å². The molecule has 0 aromatic heterocycles. The molecule has 0 aromatic carbocycles. The third-order valence-corrected chi connectivity index (χ3v) is 3.43. The fourth-order valence-electron chi connectivity index (χ4n) is 2.41. The molecule has 2 unspecified atom stereocenters. The first-order valence-electron chi connectivity index (χ1n) is 7.63. The van der Waals surface area contributed by atoms with Crippen LogP contribution in [-0.2, 0) is 14.3 Å². The van der Waals surface area contributed by atoms with Gasteiger partial charge in [-0.1, -0.05) is 27.2 Å². The highest BCUT2D eigenvalue weighted by atomic mass is 16.5. The Morgan fingerprint density at radius 3 is 2.70 bits per heavy atom. The summed E-state index contributed by atoms with van der Waals surface area (Å²) in [5.74, 6) is 0.483. The minimum atomic E-state index is -0.373. The summed E-state index contributed by atoms with van der Waals surface area (Å²) in [7, 11) is 0. The number of nitrogens with one attached hydrogen (secondary N) is 1. The number of carbonyl (C=O) groups is 2. The molecular formula is C15H28N2O3. The van der Waals surface area contributed by atoms with Gasteiger partial charge in [0.25, 0.3) is 0 Å². The normalized spacial score (nSPS) is 23.9. The zero-order valence-electron chi connectivity index (χ0n) is 13.1. The molecule has 1 fully saturated rings. The lowest BCUT2D eigenvalue weighted by Crippen LogP contribution is -2.47. The lowest BCUT2D eigenvalue weighted by molar-refractivity contribution is -0.135. The van der Waals surface area contributed by atoms with Crippen molar-refractivity contribution in [3.8, 4) is 0 Å². The molecular weight excluding hydrogens is 256 g/mol. The third-order valence-electron chi connectivity index (χ3n) is 3.43. The van der Waals surface area contributed by atoms with Gasteiger partial charge in [0.1, 0.15) is 6.04 Å². The van der Waals surface area contributed by atoms with E-state index in [1.54, 1.807) is 4.90 Å². The van der Waals surface area contributed by atoms with Gasteiger partial charge in [-0.25, -0.2) is 0 Å². The van der Waals surface area contributed by atoms with Gasteiger partial charge in [0.2, 0.25) is 11.8 Å². The van der Waals surface area contributed by atoms with E-state index >= 15 is 0 Å². The summed E-state index contributed by atoms with van der Waals surface area (Å²) in [6.07, 6.45) is 1.94. The predicted octanol–water partition coefficient (Wildman–Crippen LogP) is 1.56. The first kappa shape index (κ1) is 17.0. The number of hydrogen-bond acceptors (Lipinski definition) is 3. The molecule has 1 heterocycles. The molecule has 20 heavy (non-hydrogen) atoms. The second-order valence-electron chi connectivity index (χ2n) is 5.96. The summed E-state index contributed by atoms with van der Waals surface area (Å²) in [4.78, 5) is 26.0. The molecule has 1 aliphatic heterocycles. The second-order valence-corrected chi connectivity index (χ2v) is 5.96. The van der Waals surface area contributed by atoms with Crippen LogP contribution in [0.15, 0.2) is 0 Å². The molecule has 5 nitrogen and oxygen atoms in total. The molecule has 2 atom stereocenters. The third kappa shape index (κ3) is 5.12. The quantitative estimate of drug-likeness (QED) is 0.722. The van der Waals surface area contributed by atoms with E-state index in [2.05, 4.69) is 19.2 Å². The SMILES string of the molecule is CCCC1NC(=O)CC(C)N(CCOCC(C)C)C1=O. The molecule has 0 aliphatic carbocycles. The van der Waals surface area contributed by atoms with Crippen LogP contribution in [-0.4, -0.2) is 48.6 Å². The van der Waals surface area contributed by atoms with Crippen LogP contribution in [0.4, 0.5) is 0 Å². The second kappa shape index (κ2) is 8.25. The minimum Gasteiger partial charge on any atom is -0.379 e. The first-order chi connectivity index (χ1) is 9.45. The van der Waals surface area contributed by atoms with Gasteiger partial charge in [0.05, 0.1) is 6.61 Å². The van der Waals surface area contributed by atoms with Crippen molar-refractivity contribution in [2.75, 3.05) is 19.8 Å². The van der Waals surface area contributed by atoms with Gasteiger partial charge in [0.15, 0.2) is 0 Å². The summed E-state index contributed by atoms with van der Waals surface area (Å²) in [6, 6.07) is -0.436. The van der Waals surface area contributed by atoms with E-state index in [9.17, 15) is 9.59 Å². The Balaban J connectivity index is 2.59. The maximum Gasteiger partial charge on any atom is 0.245 e. The van der Waals surface area contributed by atoms with Crippen LogP contribution in [0, 0.1) is 5.92 Å². The molecule has 0 spiro atoms. The summed E-state index contributed by atoms with van der Waals surface area (Å²) >= 11 is 0. The zero-order chi connectivity index (χ0) is 15.1. The molecule has 0 bridgehead atoms. The molecule has 0 saturated carbocycles. The summed E-state index contributed by atoms with van der Waals surface area (Å²) in [5.41, 5.74) is 0. The number of amides is 2. The van der Waals surface area contributed by atoms with Gasteiger partial charge in [-0.05, 0) is 19.3 Å². The Bertz CT molecular complexity index is 331. The smallest absolute Gasteiger partial charge is 0.245 e. The molecule has 2 amide bonds. The molecule has 5 heteroatoms. The Hall–Kier alpha value is -1.10. The van der Waals surface area contributed by atoms with E-state index in [0.717, 1.165) is 6.42 Å². The van der Waals surface area contributed by atoms with E-state index in [1.807, 2.05) is 13.8 Å². The van der Waals surface area contributed by atoms with Crippen molar-refractivity contribution in [1.82, 2.24) is 10.2 Å². The van der Waals surface area contributed by atoms with Crippen LogP contribution in [0.1, 0.15) is 47.0 Å². The molecule has 1 N–H and O–H groups in total. The average molecular weight is 284 g/mol. The van der Waals surface area contributed by atoms with Crippen molar-refractivity contribution in [1.29, 1.82) is 0 Å². The Morgan fingerprint density at radius 1 is 1.40 bits per heavy atom. The first-order valence-corrected chi connectivity index (χ1v) is 7.63. The van der Waals surface area contributed by atoms with Gasteiger partial charge in [-0.15, -0.1) is 0 Å². The van der Waals surface area contributed by atoms with E-state index < -0.39 is 0 Å². The standard InChI is InChI=1S/C15H28N2O3/c1-5-6-13-15(19)17(7-8-20-10-11(2)3)12(4)9-14(18)16-13/h11-13H,5-10H2,1-4H3,(H,16,18). The van der Waals surface area contributed by atoms with Crippen LogP contribution < -0.4 is 5.32 Å². The van der Waals surface area contributed by atoms with Gasteiger partial charge < -0.3 is 15.0 Å². The largest absolute Gasteiger partial charge is 0.379 e. The fraction of sp³-hybridized carbons (Fsp3) is 0.867. The lowest BCUT2D eigenvalue weighted by Gasteiger charge is -2.28. The van der Waals surface area contributed by atoms with Crippen LogP contribution in [0.2, 0.25) is 0 Å². The van der Waals surface area contributed by atoms with E-state index in [-0.39, 0.29) is 23.9 Å². The van der Waals surface area contributed by atoms with Crippen molar-refractivity contribution < 1.29 is 14.3 Å².